The van der Waals surface area contributed by atoms with Gasteiger partial charge in [-0.1, -0.05) is 6.92 Å². The summed E-state index contributed by atoms with van der Waals surface area (Å²) in [6.45, 7) is 7.64. The van der Waals surface area contributed by atoms with Crippen molar-refractivity contribution >= 4 is 11.7 Å². The second-order valence-corrected chi connectivity index (χ2v) is 4.65. The van der Waals surface area contributed by atoms with Crippen molar-refractivity contribution in [2.75, 3.05) is 37.6 Å². The predicted octanol–water partition coefficient (Wildman–Crippen LogP) is 0.898. The van der Waals surface area contributed by atoms with E-state index in [1.165, 1.54) is 13.0 Å². The van der Waals surface area contributed by atoms with E-state index in [9.17, 15) is 0 Å². The maximum atomic E-state index is 7.34. The summed E-state index contributed by atoms with van der Waals surface area (Å²) in [5, 5.41) is 7.34. The summed E-state index contributed by atoms with van der Waals surface area (Å²) in [6.07, 6.45) is 2.89. The summed E-state index contributed by atoms with van der Waals surface area (Å²) in [5.41, 5.74) is 6.10. The minimum absolute atomic E-state index is 0.0711. The number of hydrogen-bond donors (Lipinski definition) is 2. The second kappa shape index (κ2) is 5.82. The van der Waals surface area contributed by atoms with Crippen LogP contribution in [0, 0.1) is 5.41 Å². The molecule has 1 saturated heterocycles. The summed E-state index contributed by atoms with van der Waals surface area (Å²) in [5.74, 6) is 1.05. The highest BCUT2D eigenvalue weighted by Crippen LogP contribution is 2.14. The fourth-order valence-electron chi connectivity index (χ4n) is 2.25. The van der Waals surface area contributed by atoms with Crippen LogP contribution in [-0.4, -0.2) is 48.4 Å². The molecular formula is C13H21N5. The van der Waals surface area contributed by atoms with Gasteiger partial charge in [-0.05, 0) is 25.1 Å². The van der Waals surface area contributed by atoms with Gasteiger partial charge in [-0.2, -0.15) is 0 Å². The molecule has 2 rings (SSSR count). The molecule has 1 aliphatic heterocycles. The van der Waals surface area contributed by atoms with Gasteiger partial charge < -0.3 is 10.6 Å². The van der Waals surface area contributed by atoms with Crippen LogP contribution in [0.4, 0.5) is 5.82 Å². The van der Waals surface area contributed by atoms with Crippen molar-refractivity contribution in [3.05, 3.63) is 23.9 Å². The molecule has 0 unspecified atom stereocenters. The van der Waals surface area contributed by atoms with E-state index in [1.54, 1.807) is 6.20 Å². The minimum atomic E-state index is 0.0711. The first-order valence-corrected chi connectivity index (χ1v) is 6.48. The van der Waals surface area contributed by atoms with Gasteiger partial charge in [0.2, 0.25) is 0 Å². The number of anilines is 1. The van der Waals surface area contributed by atoms with Crippen molar-refractivity contribution < 1.29 is 0 Å². The lowest BCUT2D eigenvalue weighted by atomic mass is 10.2. The number of piperazine rings is 1. The molecule has 2 heterocycles. The highest BCUT2D eigenvalue weighted by atomic mass is 15.3. The molecule has 0 radical (unpaired) electrons. The summed E-state index contributed by atoms with van der Waals surface area (Å²) in [6, 6.07) is 3.81. The van der Waals surface area contributed by atoms with Gasteiger partial charge in [0, 0.05) is 37.9 Å². The molecule has 5 nitrogen and oxygen atoms in total. The maximum absolute atomic E-state index is 7.34. The monoisotopic (exact) mass is 247 g/mol. The normalized spacial score (nSPS) is 16.8. The fraction of sp³-hybridized carbons (Fsp3) is 0.538. The van der Waals surface area contributed by atoms with Crippen LogP contribution in [0.2, 0.25) is 0 Å². The lowest BCUT2D eigenvalue weighted by molar-refractivity contribution is 0.258. The standard InChI is InChI=1S/C13H21N5/c1-2-5-17-6-8-18(9-7-17)12-4-3-11(10-16-12)13(14)15/h3-4,10H,2,5-9H2,1H3,(H3,14,15). The van der Waals surface area contributed by atoms with Crippen LogP contribution in [0.5, 0.6) is 0 Å². The van der Waals surface area contributed by atoms with E-state index in [4.69, 9.17) is 11.1 Å². The zero-order valence-corrected chi connectivity index (χ0v) is 10.9. The van der Waals surface area contributed by atoms with Crippen LogP contribution in [0.15, 0.2) is 18.3 Å². The molecule has 0 atom stereocenters. The molecule has 5 heteroatoms. The van der Waals surface area contributed by atoms with E-state index in [2.05, 4.69) is 21.7 Å². The molecule has 0 spiro atoms. The smallest absolute Gasteiger partial charge is 0.128 e. The Morgan fingerprint density at radius 1 is 1.33 bits per heavy atom. The largest absolute Gasteiger partial charge is 0.384 e. The highest BCUT2D eigenvalue weighted by molar-refractivity contribution is 5.94. The Morgan fingerprint density at radius 2 is 2.06 bits per heavy atom. The third-order valence-electron chi connectivity index (χ3n) is 3.29. The quantitative estimate of drug-likeness (QED) is 0.612. The number of nitrogen functional groups attached to an aromatic ring is 1. The molecule has 1 aromatic rings. The van der Waals surface area contributed by atoms with E-state index >= 15 is 0 Å². The van der Waals surface area contributed by atoms with Gasteiger partial charge in [-0.15, -0.1) is 0 Å². The van der Waals surface area contributed by atoms with Crippen molar-refractivity contribution in [2.45, 2.75) is 13.3 Å². The van der Waals surface area contributed by atoms with Crippen molar-refractivity contribution in [1.82, 2.24) is 9.88 Å². The third kappa shape index (κ3) is 2.98. The topological polar surface area (TPSA) is 69.2 Å². The zero-order valence-electron chi connectivity index (χ0n) is 10.9. The third-order valence-corrected chi connectivity index (χ3v) is 3.29. The summed E-state index contributed by atoms with van der Waals surface area (Å²) >= 11 is 0. The molecule has 0 aromatic carbocycles. The first-order valence-electron chi connectivity index (χ1n) is 6.48. The maximum Gasteiger partial charge on any atom is 0.128 e. The van der Waals surface area contributed by atoms with Gasteiger partial charge in [-0.3, -0.25) is 10.3 Å². The number of nitrogens with zero attached hydrogens (tertiary/aromatic N) is 3. The fourth-order valence-corrected chi connectivity index (χ4v) is 2.25. The molecular weight excluding hydrogens is 226 g/mol. The SMILES string of the molecule is CCCN1CCN(c2ccc(C(=N)N)cn2)CC1. The van der Waals surface area contributed by atoms with Gasteiger partial charge in [0.25, 0.3) is 0 Å². The van der Waals surface area contributed by atoms with Crippen LogP contribution >= 0.6 is 0 Å². The molecule has 1 aliphatic rings. The van der Waals surface area contributed by atoms with E-state index in [0.29, 0.717) is 5.56 Å². The second-order valence-electron chi connectivity index (χ2n) is 4.65. The van der Waals surface area contributed by atoms with E-state index in [1.807, 2.05) is 12.1 Å². The van der Waals surface area contributed by atoms with E-state index in [0.717, 1.165) is 32.0 Å². The van der Waals surface area contributed by atoms with Gasteiger partial charge >= 0.3 is 0 Å². The average molecular weight is 247 g/mol. The predicted molar refractivity (Wildman–Crippen MR) is 74.2 cm³/mol. The van der Waals surface area contributed by atoms with Gasteiger partial charge in [0.05, 0.1) is 0 Å². The molecule has 0 bridgehead atoms. The highest BCUT2D eigenvalue weighted by Gasteiger charge is 2.17. The Balaban J connectivity index is 1.95. The van der Waals surface area contributed by atoms with Crippen LogP contribution in [0.3, 0.4) is 0 Å². The van der Waals surface area contributed by atoms with E-state index < -0.39 is 0 Å². The molecule has 0 aliphatic carbocycles. The number of hydrogen-bond acceptors (Lipinski definition) is 4. The van der Waals surface area contributed by atoms with Crippen LogP contribution < -0.4 is 10.6 Å². The number of nitrogens with two attached hydrogens (primary N) is 1. The Hall–Kier alpha value is -1.62. The lowest BCUT2D eigenvalue weighted by Crippen LogP contribution is -2.46. The van der Waals surface area contributed by atoms with Gasteiger partial charge in [0.15, 0.2) is 0 Å². The first kappa shape index (κ1) is 12.8. The minimum Gasteiger partial charge on any atom is -0.384 e. The Morgan fingerprint density at radius 3 is 2.56 bits per heavy atom. The van der Waals surface area contributed by atoms with Crippen LogP contribution in [0.25, 0.3) is 0 Å². The molecule has 1 fully saturated rings. The Bertz CT molecular complexity index is 392. The van der Waals surface area contributed by atoms with Crippen molar-refractivity contribution in [1.29, 1.82) is 5.41 Å². The number of pyridine rings is 1. The molecule has 1 aromatic heterocycles. The lowest BCUT2D eigenvalue weighted by Gasteiger charge is -2.35. The number of rotatable bonds is 4. The Kier molecular flexibility index (Phi) is 4.15. The average Bonchev–Trinajstić information content (AvgIpc) is 2.40. The molecule has 3 N–H and O–H groups in total. The van der Waals surface area contributed by atoms with Crippen LogP contribution in [-0.2, 0) is 0 Å². The van der Waals surface area contributed by atoms with Crippen molar-refractivity contribution in [3.8, 4) is 0 Å². The van der Waals surface area contributed by atoms with Gasteiger partial charge in [0.1, 0.15) is 11.7 Å². The van der Waals surface area contributed by atoms with Crippen LogP contribution in [0.1, 0.15) is 18.9 Å². The summed E-state index contributed by atoms with van der Waals surface area (Å²) in [4.78, 5) is 9.16. The summed E-state index contributed by atoms with van der Waals surface area (Å²) < 4.78 is 0. The first-order chi connectivity index (χ1) is 8.70. The van der Waals surface area contributed by atoms with Crippen molar-refractivity contribution in [3.63, 3.8) is 0 Å². The molecule has 18 heavy (non-hydrogen) atoms. The molecule has 0 saturated carbocycles. The van der Waals surface area contributed by atoms with E-state index in [-0.39, 0.29) is 5.84 Å². The molecule has 0 amide bonds. The number of amidine groups is 1. The Labute approximate surface area is 108 Å². The molecule has 98 valence electrons. The summed E-state index contributed by atoms with van der Waals surface area (Å²) in [7, 11) is 0. The number of nitrogens with one attached hydrogen (secondary N) is 1. The van der Waals surface area contributed by atoms with Crippen molar-refractivity contribution in [2.24, 2.45) is 5.73 Å². The number of aromatic nitrogens is 1. The van der Waals surface area contributed by atoms with Gasteiger partial charge in [-0.25, -0.2) is 4.98 Å². The zero-order chi connectivity index (χ0) is 13.0.